The fourth-order valence-corrected chi connectivity index (χ4v) is 1.39. The lowest BCUT2D eigenvalue weighted by molar-refractivity contribution is -0.115. The molecular formula is C11H9ClN2O3. The van der Waals surface area contributed by atoms with E-state index in [-0.39, 0.29) is 17.7 Å². The molecule has 1 amide bonds. The molecule has 0 radical (unpaired) electrons. The Kier molecular flexibility index (Phi) is 4.07. The lowest BCUT2D eigenvalue weighted by Gasteiger charge is -2.09. The van der Waals surface area contributed by atoms with Gasteiger partial charge in [-0.15, -0.1) is 0 Å². The third kappa shape index (κ3) is 3.20. The molecule has 0 aromatic heterocycles. The van der Waals surface area contributed by atoms with Crippen LogP contribution in [0, 0.1) is 18.3 Å². The SMILES string of the molecule is Cc1cc(C(=O)O)c(NC(=O)CC#N)cc1Cl. The lowest BCUT2D eigenvalue weighted by atomic mass is 10.1. The number of hydrogen-bond donors (Lipinski definition) is 2. The second kappa shape index (κ2) is 5.32. The first kappa shape index (κ1) is 13.0. The minimum absolute atomic E-state index is 0.0572. The summed E-state index contributed by atoms with van der Waals surface area (Å²) in [5.41, 5.74) is 0.633. The Morgan fingerprint density at radius 3 is 2.71 bits per heavy atom. The molecule has 0 saturated carbocycles. The van der Waals surface area contributed by atoms with Gasteiger partial charge in [-0.3, -0.25) is 4.79 Å². The molecule has 0 aliphatic carbocycles. The molecule has 0 fully saturated rings. The molecule has 0 aliphatic heterocycles. The second-order valence-electron chi connectivity index (χ2n) is 3.34. The van der Waals surface area contributed by atoms with Crippen molar-refractivity contribution in [2.75, 3.05) is 5.32 Å². The minimum atomic E-state index is -1.17. The van der Waals surface area contributed by atoms with Gasteiger partial charge >= 0.3 is 5.97 Å². The van der Waals surface area contributed by atoms with Crippen LogP contribution in [0.1, 0.15) is 22.3 Å². The maximum atomic E-state index is 11.2. The minimum Gasteiger partial charge on any atom is -0.478 e. The van der Waals surface area contributed by atoms with E-state index < -0.39 is 11.9 Å². The van der Waals surface area contributed by atoms with Crippen LogP contribution in [0.15, 0.2) is 12.1 Å². The lowest BCUT2D eigenvalue weighted by Crippen LogP contribution is -2.14. The van der Waals surface area contributed by atoms with E-state index in [1.807, 2.05) is 0 Å². The number of nitriles is 1. The highest BCUT2D eigenvalue weighted by atomic mass is 35.5. The first-order valence-corrected chi connectivity index (χ1v) is 5.03. The molecule has 0 heterocycles. The molecule has 0 aliphatic rings. The zero-order valence-corrected chi connectivity index (χ0v) is 9.71. The molecule has 0 atom stereocenters. The van der Waals surface area contributed by atoms with E-state index in [2.05, 4.69) is 5.32 Å². The van der Waals surface area contributed by atoms with Gasteiger partial charge < -0.3 is 10.4 Å². The fourth-order valence-electron chi connectivity index (χ4n) is 1.23. The van der Waals surface area contributed by atoms with E-state index in [4.69, 9.17) is 22.0 Å². The summed E-state index contributed by atoms with van der Waals surface area (Å²) < 4.78 is 0. The number of carbonyl (C=O) groups is 2. The molecule has 17 heavy (non-hydrogen) atoms. The van der Waals surface area contributed by atoms with Crippen molar-refractivity contribution < 1.29 is 14.7 Å². The number of rotatable bonds is 3. The summed E-state index contributed by atoms with van der Waals surface area (Å²) in [4.78, 5) is 22.2. The summed E-state index contributed by atoms with van der Waals surface area (Å²) in [7, 11) is 0. The van der Waals surface area contributed by atoms with Gasteiger partial charge in [-0.25, -0.2) is 4.79 Å². The molecule has 5 nitrogen and oxygen atoms in total. The van der Waals surface area contributed by atoms with E-state index in [1.165, 1.54) is 12.1 Å². The van der Waals surface area contributed by atoms with Gasteiger partial charge in [0.2, 0.25) is 5.91 Å². The average Bonchev–Trinajstić information content (AvgIpc) is 2.23. The van der Waals surface area contributed by atoms with Crippen molar-refractivity contribution in [1.29, 1.82) is 5.26 Å². The number of carbonyl (C=O) groups excluding carboxylic acids is 1. The molecule has 0 saturated heterocycles. The first-order valence-electron chi connectivity index (χ1n) is 4.66. The summed E-state index contributed by atoms with van der Waals surface area (Å²) >= 11 is 5.84. The van der Waals surface area contributed by atoms with E-state index >= 15 is 0 Å². The highest BCUT2D eigenvalue weighted by Gasteiger charge is 2.14. The van der Waals surface area contributed by atoms with Crippen LogP contribution in [0.4, 0.5) is 5.69 Å². The van der Waals surface area contributed by atoms with Crippen LogP contribution in [0.2, 0.25) is 5.02 Å². The van der Waals surface area contributed by atoms with Crippen LogP contribution in [0.5, 0.6) is 0 Å². The Bertz CT molecular complexity index is 520. The Labute approximate surface area is 103 Å². The summed E-state index contributed by atoms with van der Waals surface area (Å²) in [6.45, 7) is 1.66. The van der Waals surface area contributed by atoms with Gasteiger partial charge in [0.15, 0.2) is 0 Å². The largest absolute Gasteiger partial charge is 0.478 e. The van der Waals surface area contributed by atoms with Gasteiger partial charge in [-0.2, -0.15) is 5.26 Å². The predicted octanol–water partition coefficient (Wildman–Crippen LogP) is 2.20. The van der Waals surface area contributed by atoms with Crippen molar-refractivity contribution >= 4 is 29.2 Å². The number of carboxylic acids is 1. The molecule has 2 N–H and O–H groups in total. The first-order chi connectivity index (χ1) is 7.95. The number of aromatic carboxylic acids is 1. The Hall–Kier alpha value is -2.06. The number of benzene rings is 1. The molecule has 88 valence electrons. The molecular weight excluding hydrogens is 244 g/mol. The number of nitrogens with one attached hydrogen (secondary N) is 1. The monoisotopic (exact) mass is 252 g/mol. The van der Waals surface area contributed by atoms with Crippen LogP contribution < -0.4 is 5.32 Å². The van der Waals surface area contributed by atoms with Crippen LogP contribution in [0.25, 0.3) is 0 Å². The quantitative estimate of drug-likeness (QED) is 0.863. The smallest absolute Gasteiger partial charge is 0.337 e. The molecule has 0 bridgehead atoms. The normalized spacial score (nSPS) is 9.47. The van der Waals surface area contributed by atoms with Gasteiger partial charge in [0.05, 0.1) is 17.3 Å². The highest BCUT2D eigenvalue weighted by Crippen LogP contribution is 2.25. The van der Waals surface area contributed by atoms with Crippen molar-refractivity contribution in [3.63, 3.8) is 0 Å². The van der Waals surface area contributed by atoms with Crippen LogP contribution >= 0.6 is 11.6 Å². The number of halogens is 1. The number of aryl methyl sites for hydroxylation is 1. The zero-order valence-electron chi connectivity index (χ0n) is 8.95. The van der Waals surface area contributed by atoms with Crippen molar-refractivity contribution in [3.8, 4) is 6.07 Å². The topological polar surface area (TPSA) is 90.2 Å². The van der Waals surface area contributed by atoms with Crippen LogP contribution in [-0.4, -0.2) is 17.0 Å². The molecule has 0 unspecified atom stereocenters. The molecule has 1 aromatic rings. The Balaban J connectivity index is 3.14. The van der Waals surface area contributed by atoms with Crippen molar-refractivity contribution in [3.05, 3.63) is 28.3 Å². The third-order valence-corrected chi connectivity index (χ3v) is 2.45. The molecule has 1 rings (SSSR count). The Morgan fingerprint density at radius 1 is 1.53 bits per heavy atom. The maximum Gasteiger partial charge on any atom is 0.337 e. The summed E-state index contributed by atoms with van der Waals surface area (Å²) in [5.74, 6) is -1.74. The number of anilines is 1. The van der Waals surface area contributed by atoms with Crippen molar-refractivity contribution in [1.82, 2.24) is 0 Å². The van der Waals surface area contributed by atoms with Gasteiger partial charge in [-0.1, -0.05) is 11.6 Å². The number of amides is 1. The molecule has 0 spiro atoms. The average molecular weight is 253 g/mol. The predicted molar refractivity (Wildman–Crippen MR) is 62.0 cm³/mol. The van der Waals surface area contributed by atoms with Gasteiger partial charge in [0.25, 0.3) is 0 Å². The number of nitrogens with zero attached hydrogens (tertiary/aromatic N) is 1. The number of carboxylic acid groups (broad SMARTS) is 1. The van der Waals surface area contributed by atoms with Gasteiger partial charge in [0, 0.05) is 5.02 Å². The number of hydrogen-bond acceptors (Lipinski definition) is 3. The Morgan fingerprint density at radius 2 is 2.18 bits per heavy atom. The fraction of sp³-hybridized carbons (Fsp3) is 0.182. The van der Waals surface area contributed by atoms with Crippen molar-refractivity contribution in [2.45, 2.75) is 13.3 Å². The van der Waals surface area contributed by atoms with Gasteiger partial charge in [-0.05, 0) is 24.6 Å². The molecule has 1 aromatic carbocycles. The van der Waals surface area contributed by atoms with Gasteiger partial charge in [0.1, 0.15) is 6.42 Å². The molecule has 6 heteroatoms. The third-order valence-electron chi connectivity index (χ3n) is 2.04. The highest BCUT2D eigenvalue weighted by molar-refractivity contribution is 6.32. The zero-order chi connectivity index (χ0) is 13.0. The summed E-state index contributed by atoms with van der Waals surface area (Å²) in [5, 5.41) is 20.0. The van der Waals surface area contributed by atoms with E-state index in [1.54, 1.807) is 13.0 Å². The summed E-state index contributed by atoms with van der Waals surface area (Å²) in [6, 6.07) is 4.39. The van der Waals surface area contributed by atoms with E-state index in [0.29, 0.717) is 10.6 Å². The van der Waals surface area contributed by atoms with E-state index in [9.17, 15) is 9.59 Å². The standard InChI is InChI=1S/C11H9ClN2O3/c1-6-4-7(11(16)17)9(5-8(6)12)14-10(15)2-3-13/h4-5H,2H2,1H3,(H,14,15)(H,16,17). The van der Waals surface area contributed by atoms with Crippen LogP contribution in [-0.2, 0) is 4.79 Å². The van der Waals surface area contributed by atoms with Crippen molar-refractivity contribution in [2.24, 2.45) is 0 Å². The van der Waals surface area contributed by atoms with Crippen LogP contribution in [0.3, 0.4) is 0 Å². The maximum absolute atomic E-state index is 11.2. The van der Waals surface area contributed by atoms with E-state index in [0.717, 1.165) is 0 Å². The summed E-state index contributed by atoms with van der Waals surface area (Å²) in [6.07, 6.45) is -0.343. The second-order valence-corrected chi connectivity index (χ2v) is 3.74.